The van der Waals surface area contributed by atoms with E-state index in [0.717, 1.165) is 0 Å². The fourth-order valence-corrected chi connectivity index (χ4v) is 4.38. The molecule has 1 atom stereocenters. The molecule has 1 aliphatic carbocycles. The van der Waals surface area contributed by atoms with Crippen LogP contribution in [0.3, 0.4) is 0 Å². The lowest BCUT2D eigenvalue weighted by Gasteiger charge is -2.34. The Balaban J connectivity index is 1.28. The van der Waals surface area contributed by atoms with Crippen molar-refractivity contribution in [1.29, 1.82) is 0 Å². The average Bonchev–Trinajstić information content (AvgIpc) is 3.56. The van der Waals surface area contributed by atoms with Crippen LogP contribution in [0.4, 0.5) is 29.6 Å². The van der Waals surface area contributed by atoms with Gasteiger partial charge in [0.1, 0.15) is 23.9 Å². The number of nitrogens with zero attached hydrogens (tertiary/aromatic N) is 8. The molecule has 42 heavy (non-hydrogen) atoms. The van der Waals surface area contributed by atoms with Gasteiger partial charge in [0.25, 0.3) is 5.88 Å². The van der Waals surface area contributed by atoms with Crippen molar-refractivity contribution >= 4 is 29.3 Å². The van der Waals surface area contributed by atoms with Gasteiger partial charge in [-0.15, -0.1) is 10.2 Å². The Morgan fingerprint density at radius 1 is 1.24 bits per heavy atom. The van der Waals surface area contributed by atoms with Gasteiger partial charge in [-0.25, -0.2) is 19.4 Å². The number of anilines is 2. The monoisotopic (exact) mass is 608 g/mol. The van der Waals surface area contributed by atoms with Gasteiger partial charge in [-0.3, -0.25) is 4.68 Å². The molecular formula is C24H24ClF3N10O4. The molecule has 3 N–H and O–H groups in total. The second-order valence-electron chi connectivity index (χ2n) is 9.53. The molecule has 4 aromatic rings. The minimum Gasteiger partial charge on any atom is -0.487 e. The number of rotatable bonds is 11. The summed E-state index contributed by atoms with van der Waals surface area (Å²) in [6, 6.07) is 4.70. The average molecular weight is 609 g/mol. The Labute approximate surface area is 240 Å². The maximum atomic E-state index is 12.8. The third-order valence-electron chi connectivity index (χ3n) is 6.21. The van der Waals surface area contributed by atoms with E-state index in [0.29, 0.717) is 41.3 Å². The molecule has 14 nitrogen and oxygen atoms in total. The van der Waals surface area contributed by atoms with E-state index in [1.54, 1.807) is 18.2 Å². The second kappa shape index (κ2) is 12.1. The molecule has 1 amide bonds. The number of alkyl halides is 3. The summed E-state index contributed by atoms with van der Waals surface area (Å²) in [6.07, 6.45) is 0.864. The molecule has 0 radical (unpaired) electrons. The predicted octanol–water partition coefficient (Wildman–Crippen LogP) is 4.10. The lowest BCUT2D eigenvalue weighted by Crippen LogP contribution is -2.44. The van der Waals surface area contributed by atoms with E-state index in [2.05, 4.69) is 41.2 Å². The van der Waals surface area contributed by atoms with Gasteiger partial charge in [0.15, 0.2) is 6.61 Å². The first-order valence-electron chi connectivity index (χ1n) is 12.6. The highest BCUT2D eigenvalue weighted by Gasteiger charge is 2.34. The third kappa shape index (κ3) is 7.34. The van der Waals surface area contributed by atoms with Gasteiger partial charge in [-0.05, 0) is 47.9 Å². The predicted molar refractivity (Wildman–Crippen MR) is 141 cm³/mol. The lowest BCUT2D eigenvalue weighted by atomic mass is 9.87. The Bertz CT molecular complexity index is 1510. The normalized spacial score (nSPS) is 17.3. The minimum absolute atomic E-state index is 0.0923. The quantitative estimate of drug-likeness (QED) is 0.224. The van der Waals surface area contributed by atoms with Crippen LogP contribution >= 0.6 is 11.6 Å². The van der Waals surface area contributed by atoms with Crippen LogP contribution in [-0.4, -0.2) is 76.1 Å². The molecule has 0 aliphatic heterocycles. The number of carbonyl (C=O) groups is 1. The molecule has 1 aliphatic rings. The van der Waals surface area contributed by atoms with Crippen LogP contribution < -0.4 is 20.1 Å². The molecule has 18 heteroatoms. The highest BCUT2D eigenvalue weighted by atomic mass is 35.5. The molecule has 1 aromatic carbocycles. The van der Waals surface area contributed by atoms with E-state index >= 15 is 0 Å². The zero-order chi connectivity index (χ0) is 29.9. The largest absolute Gasteiger partial charge is 0.487 e. The number of ether oxygens (including phenoxy) is 2. The van der Waals surface area contributed by atoms with Gasteiger partial charge in [0.2, 0.25) is 5.95 Å². The maximum absolute atomic E-state index is 12.8. The zero-order valence-corrected chi connectivity index (χ0v) is 22.6. The standard InChI is InChI=1S/C24H24ClF3N10O4/c1-13(9-37-12-31-35-36-37)42-20-4-14(2-3-18(20)25)15-7-29-22(30-8-15)33-19-10-38(17-5-16(6-17)32-23(39)40)34-21(19)41-11-24(26,27)28/h2-4,7-8,10,12-13,16-17,32H,5-6,9,11H2,1H3,(H,39,40)(H,29,30,33). The highest BCUT2D eigenvalue weighted by Crippen LogP contribution is 2.36. The molecule has 3 heterocycles. The van der Waals surface area contributed by atoms with Gasteiger partial charge in [-0.2, -0.15) is 13.2 Å². The van der Waals surface area contributed by atoms with Crippen LogP contribution in [0.5, 0.6) is 11.6 Å². The molecule has 0 spiro atoms. The van der Waals surface area contributed by atoms with E-state index < -0.39 is 18.9 Å². The number of aromatic nitrogens is 8. The van der Waals surface area contributed by atoms with E-state index in [9.17, 15) is 18.0 Å². The summed E-state index contributed by atoms with van der Waals surface area (Å²) in [7, 11) is 0. The van der Waals surface area contributed by atoms with E-state index in [1.165, 1.54) is 34.3 Å². The minimum atomic E-state index is -4.57. The first kappa shape index (κ1) is 28.8. The van der Waals surface area contributed by atoms with Gasteiger partial charge < -0.3 is 25.2 Å². The maximum Gasteiger partial charge on any atom is 0.422 e. The highest BCUT2D eigenvalue weighted by molar-refractivity contribution is 6.32. The molecular weight excluding hydrogens is 585 g/mol. The van der Waals surface area contributed by atoms with Gasteiger partial charge >= 0.3 is 12.3 Å². The van der Waals surface area contributed by atoms with Crippen LogP contribution in [0.1, 0.15) is 25.8 Å². The third-order valence-corrected chi connectivity index (χ3v) is 6.52. The number of hydrogen-bond acceptors (Lipinski definition) is 10. The summed E-state index contributed by atoms with van der Waals surface area (Å²) >= 11 is 6.33. The second-order valence-corrected chi connectivity index (χ2v) is 9.94. The summed E-state index contributed by atoms with van der Waals surface area (Å²) in [5.74, 6) is 0.243. The number of nitrogens with one attached hydrogen (secondary N) is 2. The number of amides is 1. The Kier molecular flexibility index (Phi) is 8.28. The molecule has 3 aromatic heterocycles. The van der Waals surface area contributed by atoms with Crippen LogP contribution in [0.2, 0.25) is 5.02 Å². The fraction of sp³-hybridized carbons (Fsp3) is 0.375. The van der Waals surface area contributed by atoms with E-state index in [4.69, 9.17) is 26.2 Å². The Morgan fingerprint density at radius 2 is 2.00 bits per heavy atom. The summed E-state index contributed by atoms with van der Waals surface area (Å²) in [4.78, 5) is 19.4. The van der Waals surface area contributed by atoms with Crippen LogP contribution in [-0.2, 0) is 6.54 Å². The topological polar surface area (TPSA) is 167 Å². The molecule has 1 saturated carbocycles. The van der Waals surface area contributed by atoms with Crippen molar-refractivity contribution in [3.63, 3.8) is 0 Å². The molecule has 1 unspecified atom stereocenters. The van der Waals surface area contributed by atoms with Crippen molar-refractivity contribution < 1.29 is 32.5 Å². The Hall–Kier alpha value is -4.67. The number of tetrazole rings is 1. The molecule has 1 fully saturated rings. The lowest BCUT2D eigenvalue weighted by molar-refractivity contribution is -0.154. The summed E-state index contributed by atoms with van der Waals surface area (Å²) < 4.78 is 52.4. The van der Waals surface area contributed by atoms with E-state index in [1.807, 2.05) is 6.92 Å². The number of halogens is 4. The molecule has 0 bridgehead atoms. The van der Waals surface area contributed by atoms with Crippen molar-refractivity contribution in [2.24, 2.45) is 0 Å². The van der Waals surface area contributed by atoms with Crippen molar-refractivity contribution in [2.45, 2.75) is 50.7 Å². The fourth-order valence-electron chi connectivity index (χ4n) is 4.22. The molecule has 0 saturated heterocycles. The number of carboxylic acid groups (broad SMARTS) is 1. The van der Waals surface area contributed by atoms with Gasteiger partial charge in [-0.1, -0.05) is 17.7 Å². The Morgan fingerprint density at radius 3 is 2.67 bits per heavy atom. The number of benzene rings is 1. The summed E-state index contributed by atoms with van der Waals surface area (Å²) in [5.41, 5.74) is 1.47. The molecule has 222 valence electrons. The van der Waals surface area contributed by atoms with Crippen LogP contribution in [0, 0.1) is 0 Å². The van der Waals surface area contributed by atoms with Gasteiger partial charge in [0, 0.05) is 24.0 Å². The first-order chi connectivity index (χ1) is 20.0. The van der Waals surface area contributed by atoms with Crippen LogP contribution in [0.15, 0.2) is 43.1 Å². The number of hydrogen-bond donors (Lipinski definition) is 3. The summed E-state index contributed by atoms with van der Waals surface area (Å²) in [6.45, 7) is 0.712. The van der Waals surface area contributed by atoms with Crippen molar-refractivity contribution in [2.75, 3.05) is 11.9 Å². The smallest absolute Gasteiger partial charge is 0.422 e. The SMILES string of the molecule is CC(Cn1cnnn1)Oc1cc(-c2cnc(Nc3cn(C4CC(NC(=O)O)C4)nc3OCC(F)(F)F)nc2)ccc1Cl. The molecule has 5 rings (SSSR count). The zero-order valence-electron chi connectivity index (χ0n) is 21.9. The van der Waals surface area contributed by atoms with Crippen molar-refractivity contribution in [3.8, 4) is 22.8 Å². The van der Waals surface area contributed by atoms with E-state index in [-0.39, 0.29) is 35.7 Å². The van der Waals surface area contributed by atoms with Crippen LogP contribution in [0.25, 0.3) is 11.1 Å². The summed E-state index contributed by atoms with van der Waals surface area (Å²) in [5, 5.41) is 29.6. The van der Waals surface area contributed by atoms with Crippen molar-refractivity contribution in [3.05, 3.63) is 48.1 Å². The van der Waals surface area contributed by atoms with Gasteiger partial charge in [0.05, 0.1) is 23.8 Å². The first-order valence-corrected chi connectivity index (χ1v) is 12.9. The van der Waals surface area contributed by atoms with Crippen molar-refractivity contribution in [1.82, 2.24) is 45.3 Å².